The first-order chi connectivity index (χ1) is 16.8. The summed E-state index contributed by atoms with van der Waals surface area (Å²) in [6.07, 6.45) is 1.48. The zero-order valence-electron chi connectivity index (χ0n) is 19.1. The first kappa shape index (κ1) is 26.5. The van der Waals surface area contributed by atoms with Crippen molar-refractivity contribution in [3.05, 3.63) is 98.5 Å². The molecule has 6 nitrogen and oxygen atoms in total. The fourth-order valence-electron chi connectivity index (χ4n) is 3.15. The van der Waals surface area contributed by atoms with Gasteiger partial charge < -0.3 is 10.1 Å². The molecule has 2 amide bonds. The molecule has 0 spiro atoms. The van der Waals surface area contributed by atoms with Gasteiger partial charge in [-0.05, 0) is 42.3 Å². The van der Waals surface area contributed by atoms with Crippen LogP contribution in [0.5, 0.6) is 5.75 Å². The van der Waals surface area contributed by atoms with Crippen molar-refractivity contribution < 1.29 is 14.3 Å². The molecule has 182 valence electrons. The Morgan fingerprint density at radius 1 is 0.971 bits per heavy atom. The summed E-state index contributed by atoms with van der Waals surface area (Å²) in [4.78, 5) is 25.4. The summed E-state index contributed by atoms with van der Waals surface area (Å²) in [6.45, 7) is 3.88. The van der Waals surface area contributed by atoms with Crippen LogP contribution in [0, 0.1) is 5.92 Å². The van der Waals surface area contributed by atoms with E-state index in [1.807, 2.05) is 26.0 Å². The molecule has 0 heterocycles. The third-order valence-electron chi connectivity index (χ3n) is 5.05. The SMILES string of the molecule is CC(C)C(NC(=O)c1ccccc1Cl)C(=O)N/N=C/c1ccccc1OCc1ccc(Cl)cc1Cl. The van der Waals surface area contributed by atoms with Crippen LogP contribution in [0.25, 0.3) is 0 Å². The van der Waals surface area contributed by atoms with Crippen molar-refractivity contribution in [1.29, 1.82) is 0 Å². The molecule has 35 heavy (non-hydrogen) atoms. The van der Waals surface area contributed by atoms with Crippen LogP contribution in [-0.4, -0.2) is 24.1 Å². The first-order valence-corrected chi connectivity index (χ1v) is 11.9. The van der Waals surface area contributed by atoms with Gasteiger partial charge in [0.1, 0.15) is 18.4 Å². The molecule has 3 aromatic carbocycles. The Labute approximate surface area is 219 Å². The lowest BCUT2D eigenvalue weighted by molar-refractivity contribution is -0.123. The maximum atomic E-state index is 12.8. The second-order valence-corrected chi connectivity index (χ2v) is 9.22. The minimum Gasteiger partial charge on any atom is -0.488 e. The Kier molecular flexibility index (Phi) is 9.55. The number of carbonyl (C=O) groups excluding carboxylic acids is 2. The minimum absolute atomic E-state index is 0.184. The Morgan fingerprint density at radius 2 is 1.69 bits per heavy atom. The maximum Gasteiger partial charge on any atom is 0.262 e. The molecule has 0 aliphatic rings. The second kappa shape index (κ2) is 12.6. The number of amides is 2. The van der Waals surface area contributed by atoms with Crippen LogP contribution in [0.1, 0.15) is 35.3 Å². The summed E-state index contributed by atoms with van der Waals surface area (Å²) >= 11 is 18.3. The van der Waals surface area contributed by atoms with Gasteiger partial charge in [0.15, 0.2) is 0 Å². The van der Waals surface area contributed by atoms with Crippen LogP contribution >= 0.6 is 34.8 Å². The summed E-state index contributed by atoms with van der Waals surface area (Å²) in [6, 6.07) is 18.3. The van der Waals surface area contributed by atoms with Crippen LogP contribution in [0.15, 0.2) is 71.8 Å². The number of rotatable bonds is 9. The van der Waals surface area contributed by atoms with Gasteiger partial charge in [-0.2, -0.15) is 5.10 Å². The molecule has 1 atom stereocenters. The van der Waals surface area contributed by atoms with Gasteiger partial charge in [0.25, 0.3) is 11.8 Å². The molecule has 0 fully saturated rings. The standard InChI is InChI=1S/C26H24Cl3N3O3/c1-16(2)24(31-25(33)20-8-4-5-9-21(20)28)26(34)32-30-14-17-7-3-6-10-23(17)35-15-18-11-12-19(27)13-22(18)29/h3-14,16,24H,15H2,1-2H3,(H,31,33)(H,32,34)/b30-14+. The van der Waals surface area contributed by atoms with E-state index in [2.05, 4.69) is 15.8 Å². The highest BCUT2D eigenvalue weighted by atomic mass is 35.5. The van der Waals surface area contributed by atoms with Crippen LogP contribution in [0.4, 0.5) is 0 Å². The fraction of sp³-hybridized carbons (Fsp3) is 0.192. The van der Waals surface area contributed by atoms with E-state index in [1.54, 1.807) is 54.6 Å². The highest BCUT2D eigenvalue weighted by Gasteiger charge is 2.25. The van der Waals surface area contributed by atoms with Crippen molar-refractivity contribution in [3.63, 3.8) is 0 Å². The lowest BCUT2D eigenvalue weighted by Crippen LogP contribution is -2.48. The lowest BCUT2D eigenvalue weighted by Gasteiger charge is -2.20. The van der Waals surface area contributed by atoms with Gasteiger partial charge in [-0.15, -0.1) is 0 Å². The molecule has 0 saturated carbocycles. The molecule has 9 heteroatoms. The van der Waals surface area contributed by atoms with Gasteiger partial charge in [0.05, 0.1) is 16.8 Å². The molecule has 3 rings (SSSR count). The van der Waals surface area contributed by atoms with Crippen molar-refractivity contribution in [3.8, 4) is 5.75 Å². The monoisotopic (exact) mass is 531 g/mol. The largest absolute Gasteiger partial charge is 0.488 e. The van der Waals surface area contributed by atoms with Crippen LogP contribution in [-0.2, 0) is 11.4 Å². The molecule has 0 bridgehead atoms. The Bertz CT molecular complexity index is 1230. The van der Waals surface area contributed by atoms with E-state index in [0.717, 1.165) is 5.56 Å². The number of hydrogen-bond donors (Lipinski definition) is 2. The van der Waals surface area contributed by atoms with E-state index < -0.39 is 17.9 Å². The normalized spacial score (nSPS) is 11.9. The molecule has 1 unspecified atom stereocenters. The molecule has 0 saturated heterocycles. The molecular formula is C26H24Cl3N3O3. The van der Waals surface area contributed by atoms with E-state index in [-0.39, 0.29) is 12.5 Å². The summed E-state index contributed by atoms with van der Waals surface area (Å²) < 4.78 is 5.90. The number of hydrazone groups is 1. The molecule has 0 radical (unpaired) electrons. The summed E-state index contributed by atoms with van der Waals surface area (Å²) in [5.74, 6) is -0.517. The number of nitrogens with one attached hydrogen (secondary N) is 2. The average molecular weight is 533 g/mol. The number of para-hydroxylation sites is 1. The first-order valence-electron chi connectivity index (χ1n) is 10.8. The Morgan fingerprint density at radius 3 is 2.40 bits per heavy atom. The highest BCUT2D eigenvalue weighted by molar-refractivity contribution is 6.35. The zero-order chi connectivity index (χ0) is 25.4. The van der Waals surface area contributed by atoms with E-state index in [1.165, 1.54) is 6.21 Å². The van der Waals surface area contributed by atoms with Crippen molar-refractivity contribution in [1.82, 2.24) is 10.7 Å². The van der Waals surface area contributed by atoms with E-state index >= 15 is 0 Å². The smallest absolute Gasteiger partial charge is 0.262 e. The maximum absolute atomic E-state index is 12.8. The average Bonchev–Trinajstić information content (AvgIpc) is 2.82. The van der Waals surface area contributed by atoms with Gasteiger partial charge in [0.2, 0.25) is 0 Å². The number of nitrogens with zero attached hydrogens (tertiary/aromatic N) is 1. The summed E-state index contributed by atoms with van der Waals surface area (Å²) in [5.41, 5.74) is 4.22. The molecule has 0 aliphatic carbocycles. The molecular weight excluding hydrogens is 509 g/mol. The summed E-state index contributed by atoms with van der Waals surface area (Å²) in [7, 11) is 0. The van der Waals surface area contributed by atoms with E-state index in [4.69, 9.17) is 39.5 Å². The highest BCUT2D eigenvalue weighted by Crippen LogP contribution is 2.24. The van der Waals surface area contributed by atoms with Crippen molar-refractivity contribution in [2.75, 3.05) is 0 Å². The van der Waals surface area contributed by atoms with E-state index in [0.29, 0.717) is 31.9 Å². The van der Waals surface area contributed by atoms with Crippen molar-refractivity contribution in [2.24, 2.45) is 11.0 Å². The lowest BCUT2D eigenvalue weighted by atomic mass is 10.0. The van der Waals surface area contributed by atoms with Crippen LogP contribution in [0.3, 0.4) is 0 Å². The quantitative estimate of drug-likeness (QED) is 0.257. The predicted molar refractivity (Wildman–Crippen MR) is 141 cm³/mol. The topological polar surface area (TPSA) is 79.8 Å². The Hall–Kier alpha value is -3.06. The molecule has 0 aliphatic heterocycles. The third-order valence-corrected chi connectivity index (χ3v) is 5.97. The van der Waals surface area contributed by atoms with Gasteiger partial charge in [-0.1, -0.05) is 79.0 Å². The molecule has 3 aromatic rings. The number of benzene rings is 3. The van der Waals surface area contributed by atoms with E-state index in [9.17, 15) is 9.59 Å². The van der Waals surface area contributed by atoms with Gasteiger partial charge in [0, 0.05) is 21.2 Å². The fourth-order valence-corrected chi connectivity index (χ4v) is 3.83. The number of halogens is 3. The second-order valence-electron chi connectivity index (χ2n) is 7.97. The van der Waals surface area contributed by atoms with Gasteiger partial charge in [-0.25, -0.2) is 5.43 Å². The predicted octanol–water partition coefficient (Wildman–Crippen LogP) is 6.13. The number of carbonyl (C=O) groups is 2. The third kappa shape index (κ3) is 7.46. The summed E-state index contributed by atoms with van der Waals surface area (Å²) in [5, 5.41) is 8.15. The molecule has 0 aromatic heterocycles. The number of ether oxygens (including phenoxy) is 1. The van der Waals surface area contributed by atoms with Crippen LogP contribution in [0.2, 0.25) is 15.1 Å². The zero-order valence-corrected chi connectivity index (χ0v) is 21.4. The van der Waals surface area contributed by atoms with Crippen molar-refractivity contribution >= 4 is 52.8 Å². The Balaban J connectivity index is 1.64. The molecule has 2 N–H and O–H groups in total. The van der Waals surface area contributed by atoms with Crippen molar-refractivity contribution in [2.45, 2.75) is 26.5 Å². The number of hydrogen-bond acceptors (Lipinski definition) is 4. The van der Waals surface area contributed by atoms with Gasteiger partial charge >= 0.3 is 0 Å². The minimum atomic E-state index is -0.811. The van der Waals surface area contributed by atoms with Gasteiger partial charge in [-0.3, -0.25) is 9.59 Å². The van der Waals surface area contributed by atoms with Crippen LogP contribution < -0.4 is 15.5 Å².